The Hall–Kier alpha value is -1.57. The average Bonchev–Trinajstić information content (AvgIpc) is 3.15. The molecule has 32 heavy (non-hydrogen) atoms. The minimum Gasteiger partial charge on any atom is -0.456 e. The van der Waals surface area contributed by atoms with E-state index in [0.717, 1.165) is 35.5 Å². The zero-order valence-electron chi connectivity index (χ0n) is 20.4. The number of ketones is 1. The fourth-order valence-corrected chi connectivity index (χ4v) is 4.65. The standard InChI is InChI=1S/C25H40N2O4S/c1-16(13-20-15-32-19(4)27-20)22-14-26-17(2)9-7-8-10-21(28)18(3)24(30)25(5,6)12-11-23(29)31-22/h13,15,17-18,21-22,26,28H,7-12,14H2,1-6H3/b16-13+/t17?,18-,21?,22?/m1/s1. The molecule has 3 unspecified atom stereocenters. The van der Waals surface area contributed by atoms with Crippen LogP contribution in [0.4, 0.5) is 0 Å². The number of ether oxygens (including phenoxy) is 1. The number of aliphatic hydroxyl groups excluding tert-OH is 1. The first-order valence-corrected chi connectivity index (χ1v) is 12.6. The molecule has 1 aliphatic rings. The molecule has 0 amide bonds. The van der Waals surface area contributed by atoms with E-state index in [9.17, 15) is 14.7 Å². The average molecular weight is 465 g/mol. The van der Waals surface area contributed by atoms with Crippen LogP contribution < -0.4 is 5.32 Å². The molecule has 180 valence electrons. The Bertz CT molecular complexity index is 802. The van der Waals surface area contributed by atoms with Gasteiger partial charge in [0.05, 0.1) is 16.8 Å². The molecule has 1 aliphatic heterocycles. The molecule has 1 aromatic heterocycles. The summed E-state index contributed by atoms with van der Waals surface area (Å²) in [5, 5.41) is 17.0. The topological polar surface area (TPSA) is 88.5 Å². The third-order valence-electron chi connectivity index (χ3n) is 6.44. The van der Waals surface area contributed by atoms with Gasteiger partial charge in [-0.1, -0.05) is 33.6 Å². The van der Waals surface area contributed by atoms with Crippen molar-refractivity contribution in [2.24, 2.45) is 11.3 Å². The van der Waals surface area contributed by atoms with Gasteiger partial charge in [-0.15, -0.1) is 11.3 Å². The second kappa shape index (κ2) is 12.1. The number of carbonyl (C=O) groups is 2. The third-order valence-corrected chi connectivity index (χ3v) is 7.24. The van der Waals surface area contributed by atoms with E-state index in [2.05, 4.69) is 17.2 Å². The summed E-state index contributed by atoms with van der Waals surface area (Å²) >= 11 is 1.59. The summed E-state index contributed by atoms with van der Waals surface area (Å²) in [4.78, 5) is 30.2. The number of hydrogen-bond donors (Lipinski definition) is 2. The monoisotopic (exact) mass is 464 g/mol. The molecule has 0 aromatic carbocycles. The lowest BCUT2D eigenvalue weighted by Crippen LogP contribution is -2.38. The zero-order valence-corrected chi connectivity index (χ0v) is 21.3. The SMILES string of the molecule is C/C(=C\c1csc(C)n1)C1CNC(C)CCCCC(O)[C@@H](C)C(=O)C(C)(C)CCC(=O)O1. The third kappa shape index (κ3) is 8.09. The molecular formula is C25H40N2O4S. The molecule has 2 heterocycles. The van der Waals surface area contributed by atoms with Gasteiger partial charge in [0.2, 0.25) is 0 Å². The predicted molar refractivity (Wildman–Crippen MR) is 130 cm³/mol. The summed E-state index contributed by atoms with van der Waals surface area (Å²) in [7, 11) is 0. The van der Waals surface area contributed by atoms with Crippen molar-refractivity contribution in [3.8, 4) is 0 Å². The van der Waals surface area contributed by atoms with Gasteiger partial charge in [0, 0.05) is 35.7 Å². The molecular weight excluding hydrogens is 424 g/mol. The van der Waals surface area contributed by atoms with E-state index in [1.807, 2.05) is 39.2 Å². The number of esters is 1. The molecule has 1 saturated heterocycles. The van der Waals surface area contributed by atoms with Gasteiger partial charge in [-0.3, -0.25) is 9.59 Å². The first-order valence-electron chi connectivity index (χ1n) is 11.7. The van der Waals surface area contributed by atoms with E-state index in [1.165, 1.54) is 0 Å². The number of nitrogens with one attached hydrogen (secondary N) is 1. The summed E-state index contributed by atoms with van der Waals surface area (Å²) < 4.78 is 5.86. The van der Waals surface area contributed by atoms with Crippen LogP contribution in [0, 0.1) is 18.3 Å². The molecule has 0 radical (unpaired) electrons. The van der Waals surface area contributed by atoms with Crippen LogP contribution in [0.25, 0.3) is 6.08 Å². The number of cyclic esters (lactones) is 1. The highest BCUT2D eigenvalue weighted by Gasteiger charge is 2.35. The normalized spacial score (nSPS) is 29.5. The van der Waals surface area contributed by atoms with Gasteiger partial charge in [-0.05, 0) is 51.7 Å². The quantitative estimate of drug-likeness (QED) is 0.617. The van der Waals surface area contributed by atoms with Crippen LogP contribution >= 0.6 is 11.3 Å². The summed E-state index contributed by atoms with van der Waals surface area (Å²) in [6.45, 7) is 12.1. The number of thiazole rings is 1. The lowest BCUT2D eigenvalue weighted by Gasteiger charge is -2.29. The minimum absolute atomic E-state index is 0.00598. The van der Waals surface area contributed by atoms with E-state index >= 15 is 0 Å². The number of Topliss-reactive ketones (excluding diaryl/α,β-unsaturated/α-hetero) is 1. The van der Waals surface area contributed by atoms with Crippen molar-refractivity contribution in [1.29, 1.82) is 0 Å². The lowest BCUT2D eigenvalue weighted by molar-refractivity contribution is -0.148. The fraction of sp³-hybridized carbons (Fsp3) is 0.720. The van der Waals surface area contributed by atoms with Gasteiger partial charge in [0.15, 0.2) is 0 Å². The van der Waals surface area contributed by atoms with Crippen molar-refractivity contribution in [3.05, 3.63) is 21.7 Å². The highest BCUT2D eigenvalue weighted by atomic mass is 32.1. The summed E-state index contributed by atoms with van der Waals surface area (Å²) in [6, 6.07) is 0.258. The summed E-state index contributed by atoms with van der Waals surface area (Å²) in [6.07, 6.45) is 4.92. The van der Waals surface area contributed by atoms with Crippen molar-refractivity contribution < 1.29 is 19.4 Å². The van der Waals surface area contributed by atoms with E-state index in [-0.39, 0.29) is 30.3 Å². The molecule has 0 saturated carbocycles. The Morgan fingerprint density at radius 3 is 2.62 bits per heavy atom. The van der Waals surface area contributed by atoms with Gasteiger partial charge in [-0.25, -0.2) is 4.98 Å². The van der Waals surface area contributed by atoms with Crippen molar-refractivity contribution >= 4 is 29.2 Å². The van der Waals surface area contributed by atoms with Crippen molar-refractivity contribution in [3.63, 3.8) is 0 Å². The molecule has 1 fully saturated rings. The number of hydrogen-bond acceptors (Lipinski definition) is 7. The molecule has 1 aromatic rings. The van der Waals surface area contributed by atoms with Crippen LogP contribution in [-0.4, -0.2) is 46.6 Å². The number of aromatic nitrogens is 1. The second-order valence-corrected chi connectivity index (χ2v) is 10.9. The Kier molecular flexibility index (Phi) is 10.0. The van der Waals surface area contributed by atoms with E-state index in [4.69, 9.17) is 4.74 Å². The molecule has 2 N–H and O–H groups in total. The van der Waals surface area contributed by atoms with Crippen LogP contribution in [-0.2, 0) is 14.3 Å². The van der Waals surface area contributed by atoms with Crippen molar-refractivity contribution in [2.45, 2.75) is 98.3 Å². The van der Waals surface area contributed by atoms with Crippen LogP contribution in [0.3, 0.4) is 0 Å². The lowest BCUT2D eigenvalue weighted by atomic mass is 9.76. The van der Waals surface area contributed by atoms with Crippen molar-refractivity contribution in [2.75, 3.05) is 6.54 Å². The highest BCUT2D eigenvalue weighted by Crippen LogP contribution is 2.30. The largest absolute Gasteiger partial charge is 0.456 e. The second-order valence-electron chi connectivity index (χ2n) is 9.86. The smallest absolute Gasteiger partial charge is 0.306 e. The van der Waals surface area contributed by atoms with Gasteiger partial charge < -0.3 is 15.2 Å². The van der Waals surface area contributed by atoms with E-state index < -0.39 is 17.4 Å². The molecule has 0 aliphatic carbocycles. The first-order chi connectivity index (χ1) is 15.0. The number of nitrogens with zero attached hydrogens (tertiary/aromatic N) is 1. The first kappa shape index (κ1) is 26.7. The predicted octanol–water partition coefficient (Wildman–Crippen LogP) is 4.69. The van der Waals surface area contributed by atoms with Crippen LogP contribution in [0.15, 0.2) is 11.0 Å². The fourth-order valence-electron chi connectivity index (χ4n) is 4.08. The molecule has 2 rings (SSSR count). The minimum atomic E-state index is -0.693. The van der Waals surface area contributed by atoms with Crippen molar-refractivity contribution in [1.82, 2.24) is 10.3 Å². The maximum Gasteiger partial charge on any atom is 0.306 e. The van der Waals surface area contributed by atoms with E-state index in [0.29, 0.717) is 19.4 Å². The molecule has 0 bridgehead atoms. The number of aliphatic hydroxyl groups is 1. The van der Waals surface area contributed by atoms with Crippen LogP contribution in [0.1, 0.15) is 83.8 Å². The Labute approximate surface area is 196 Å². The number of aryl methyl sites for hydroxylation is 1. The van der Waals surface area contributed by atoms with Gasteiger partial charge >= 0.3 is 5.97 Å². The van der Waals surface area contributed by atoms with Crippen LogP contribution in [0.5, 0.6) is 0 Å². The van der Waals surface area contributed by atoms with Crippen LogP contribution in [0.2, 0.25) is 0 Å². The molecule has 6 nitrogen and oxygen atoms in total. The van der Waals surface area contributed by atoms with Gasteiger partial charge in [0.1, 0.15) is 11.9 Å². The van der Waals surface area contributed by atoms with Gasteiger partial charge in [0.25, 0.3) is 0 Å². The molecule has 4 atom stereocenters. The summed E-state index contributed by atoms with van der Waals surface area (Å²) in [5.41, 5.74) is 1.12. The molecule has 7 heteroatoms. The zero-order chi connectivity index (χ0) is 23.9. The number of carbonyl (C=O) groups excluding carboxylic acids is 2. The Balaban J connectivity index is 2.17. The highest BCUT2D eigenvalue weighted by molar-refractivity contribution is 7.09. The molecule has 0 spiro atoms. The maximum atomic E-state index is 13.0. The summed E-state index contributed by atoms with van der Waals surface area (Å²) in [5.74, 6) is -0.747. The number of rotatable bonds is 2. The Morgan fingerprint density at radius 1 is 1.28 bits per heavy atom. The van der Waals surface area contributed by atoms with Gasteiger partial charge in [-0.2, -0.15) is 0 Å². The van der Waals surface area contributed by atoms with E-state index in [1.54, 1.807) is 18.3 Å². The maximum absolute atomic E-state index is 13.0. The Morgan fingerprint density at radius 2 is 1.97 bits per heavy atom.